The van der Waals surface area contributed by atoms with E-state index in [-0.39, 0.29) is 34.9 Å². The maximum atomic E-state index is 13.5. The highest BCUT2D eigenvalue weighted by atomic mass is 19.4. The molecule has 0 atom stereocenters. The van der Waals surface area contributed by atoms with Crippen molar-refractivity contribution < 1.29 is 46.9 Å². The van der Waals surface area contributed by atoms with Crippen molar-refractivity contribution in [2.75, 3.05) is 19.0 Å². The molecule has 0 aliphatic heterocycles. The molecule has 11 nitrogen and oxygen atoms in total. The number of ether oxygens (including phenoxy) is 2. The molecule has 14 heteroatoms. The number of methoxy groups -OCH3 is 1. The van der Waals surface area contributed by atoms with Gasteiger partial charge in [-0.1, -0.05) is 24.3 Å². The van der Waals surface area contributed by atoms with Crippen LogP contribution in [-0.4, -0.2) is 57.2 Å². The summed E-state index contributed by atoms with van der Waals surface area (Å²) in [6, 6.07) is 23.5. The smallest absolute Gasteiger partial charge is 0.416 e. The van der Waals surface area contributed by atoms with E-state index >= 15 is 0 Å². The third kappa shape index (κ3) is 8.92. The van der Waals surface area contributed by atoms with E-state index in [2.05, 4.69) is 10.4 Å². The van der Waals surface area contributed by atoms with Crippen LogP contribution in [0, 0.1) is 0 Å². The van der Waals surface area contributed by atoms with E-state index in [0.29, 0.717) is 16.8 Å². The van der Waals surface area contributed by atoms with Crippen molar-refractivity contribution in [3.05, 3.63) is 137 Å². The van der Waals surface area contributed by atoms with Crippen molar-refractivity contribution in [2.45, 2.75) is 19.1 Å². The molecule has 5 rings (SSSR count). The third-order valence-electron chi connectivity index (χ3n) is 7.36. The number of halogens is 3. The Balaban J connectivity index is 1.21. The molecule has 0 aliphatic carbocycles. The van der Waals surface area contributed by atoms with Gasteiger partial charge in [0.1, 0.15) is 18.0 Å². The fourth-order valence-corrected chi connectivity index (χ4v) is 4.97. The van der Waals surface area contributed by atoms with Crippen molar-refractivity contribution in [3.63, 3.8) is 0 Å². The lowest BCUT2D eigenvalue weighted by Crippen LogP contribution is -2.35. The minimum Gasteiger partial charge on any atom is -0.497 e. The van der Waals surface area contributed by atoms with Gasteiger partial charge in [0, 0.05) is 30.2 Å². The number of alkyl halides is 3. The predicted molar refractivity (Wildman–Crippen MR) is 174 cm³/mol. The van der Waals surface area contributed by atoms with Gasteiger partial charge in [0.05, 0.1) is 30.3 Å². The fraction of sp³-hybridized carbons (Fsp3) is 0.139. The molecule has 256 valence electrons. The van der Waals surface area contributed by atoms with Crippen molar-refractivity contribution in [3.8, 4) is 17.2 Å². The van der Waals surface area contributed by atoms with Crippen molar-refractivity contribution in [1.82, 2.24) is 14.7 Å². The number of benzene rings is 4. The zero-order chi connectivity index (χ0) is 35.8. The van der Waals surface area contributed by atoms with Crippen molar-refractivity contribution in [2.24, 2.45) is 0 Å². The number of nitrogens with one attached hydrogen (secondary N) is 1. The maximum Gasteiger partial charge on any atom is 0.416 e. The number of nitrogens with zero attached hydrogens (tertiary/aromatic N) is 3. The average molecular weight is 687 g/mol. The molecule has 0 fully saturated rings. The maximum absolute atomic E-state index is 13.5. The number of amides is 2. The second-order valence-electron chi connectivity index (χ2n) is 10.9. The number of carboxylic acid groups (broad SMARTS) is 1. The molecule has 0 bridgehead atoms. The Morgan fingerprint density at radius 2 is 1.60 bits per heavy atom. The molecule has 2 N–H and O–H groups in total. The van der Waals surface area contributed by atoms with Gasteiger partial charge in [-0.3, -0.25) is 14.4 Å². The molecule has 0 saturated carbocycles. The molecule has 5 aromatic rings. The molecule has 1 heterocycles. The zero-order valence-corrected chi connectivity index (χ0v) is 26.4. The van der Waals surface area contributed by atoms with E-state index in [1.165, 1.54) is 55.6 Å². The summed E-state index contributed by atoms with van der Waals surface area (Å²) in [5, 5.41) is 16.1. The van der Waals surface area contributed by atoms with Crippen LogP contribution in [0.5, 0.6) is 11.5 Å². The summed E-state index contributed by atoms with van der Waals surface area (Å²) in [6.07, 6.45) is -1.91. The Morgan fingerprint density at radius 3 is 2.24 bits per heavy atom. The van der Waals surface area contributed by atoms with Crippen LogP contribution in [-0.2, 0) is 28.7 Å². The Labute approximate surface area is 283 Å². The van der Waals surface area contributed by atoms with Crippen molar-refractivity contribution >= 4 is 29.4 Å². The van der Waals surface area contributed by atoms with Crippen LogP contribution in [0.4, 0.5) is 18.9 Å². The lowest BCUT2D eigenvalue weighted by Gasteiger charge is -2.21. The first-order valence-electron chi connectivity index (χ1n) is 15.0. The Bertz CT molecular complexity index is 2000. The highest BCUT2D eigenvalue weighted by molar-refractivity contribution is 5.97. The van der Waals surface area contributed by atoms with Gasteiger partial charge in [-0.25, -0.2) is 9.48 Å². The van der Waals surface area contributed by atoms with E-state index in [1.54, 1.807) is 59.5 Å². The van der Waals surface area contributed by atoms with Gasteiger partial charge in [-0.05, 0) is 83.9 Å². The first kappa shape index (κ1) is 34.9. The van der Waals surface area contributed by atoms with Gasteiger partial charge in [-0.2, -0.15) is 18.3 Å². The van der Waals surface area contributed by atoms with E-state index in [1.807, 2.05) is 0 Å². The standard InChI is InChI=1S/C36H29F3N4O7/c1-49-30-15-10-25(31(20-30)36(37,38)39)19-32(44)41-27-11-8-24(9-12-27)34(47)42(22-33(45)46)21-23-6-13-29(14-7-23)50-35(48)26-4-2-5-28(18-26)43-17-3-16-40-43/h2-18,20H,19,21-22H2,1H3,(H,41,44)(H,45,46). The van der Waals surface area contributed by atoms with Gasteiger partial charge in [0.25, 0.3) is 5.91 Å². The van der Waals surface area contributed by atoms with Crippen LogP contribution in [0.3, 0.4) is 0 Å². The summed E-state index contributed by atoms with van der Waals surface area (Å²) in [7, 11) is 1.24. The predicted octanol–water partition coefficient (Wildman–Crippen LogP) is 6.03. The molecule has 2 amide bonds. The molecule has 0 unspecified atom stereocenters. The summed E-state index contributed by atoms with van der Waals surface area (Å²) in [5.74, 6) is -2.95. The van der Waals surface area contributed by atoms with E-state index in [0.717, 1.165) is 11.0 Å². The quantitative estimate of drug-likeness (QED) is 0.120. The Morgan fingerprint density at radius 1 is 0.880 bits per heavy atom. The minimum atomic E-state index is -4.70. The molecule has 4 aromatic carbocycles. The van der Waals surface area contributed by atoms with Crippen LogP contribution < -0.4 is 14.8 Å². The number of anilines is 1. The molecule has 0 aliphatic rings. The Kier molecular flexibility index (Phi) is 10.6. The van der Waals surface area contributed by atoms with Crippen molar-refractivity contribution in [1.29, 1.82) is 0 Å². The molecule has 1 aromatic heterocycles. The summed E-state index contributed by atoms with van der Waals surface area (Å²) >= 11 is 0. The van der Waals surface area contributed by atoms with Gasteiger partial charge in [0.15, 0.2) is 0 Å². The second-order valence-corrected chi connectivity index (χ2v) is 10.9. The highest BCUT2D eigenvalue weighted by Crippen LogP contribution is 2.35. The number of aliphatic carboxylic acids is 1. The first-order valence-corrected chi connectivity index (χ1v) is 15.0. The first-order chi connectivity index (χ1) is 23.9. The largest absolute Gasteiger partial charge is 0.497 e. The van der Waals surface area contributed by atoms with Crippen LogP contribution in [0.2, 0.25) is 0 Å². The van der Waals surface area contributed by atoms with Gasteiger partial charge in [0.2, 0.25) is 5.91 Å². The number of hydrogen-bond acceptors (Lipinski definition) is 7. The summed E-state index contributed by atoms with van der Waals surface area (Å²) < 4.78 is 52.6. The number of aromatic nitrogens is 2. The lowest BCUT2D eigenvalue weighted by atomic mass is 10.0. The molecular formula is C36H29F3N4O7. The molecule has 0 radical (unpaired) electrons. The lowest BCUT2D eigenvalue weighted by molar-refractivity contribution is -0.139. The van der Waals surface area contributed by atoms with E-state index in [9.17, 15) is 37.5 Å². The number of hydrogen-bond donors (Lipinski definition) is 2. The summed E-state index contributed by atoms with van der Waals surface area (Å²) in [4.78, 5) is 51.4. The van der Waals surface area contributed by atoms with E-state index < -0.39 is 48.5 Å². The number of carboxylic acids is 1. The van der Waals surface area contributed by atoms with Gasteiger partial charge in [-0.15, -0.1) is 0 Å². The number of rotatable bonds is 12. The van der Waals surface area contributed by atoms with Gasteiger partial charge >= 0.3 is 18.1 Å². The number of carbonyl (C=O) groups is 4. The van der Waals surface area contributed by atoms with Crippen LogP contribution >= 0.6 is 0 Å². The molecule has 50 heavy (non-hydrogen) atoms. The average Bonchev–Trinajstić information content (AvgIpc) is 3.64. The number of esters is 1. The molecule has 0 saturated heterocycles. The van der Waals surface area contributed by atoms with Crippen LogP contribution in [0.1, 0.15) is 37.4 Å². The van der Waals surface area contributed by atoms with Gasteiger partial charge < -0.3 is 24.8 Å². The second kappa shape index (κ2) is 15.2. The van der Waals surface area contributed by atoms with Crippen LogP contribution in [0.15, 0.2) is 109 Å². The fourth-order valence-electron chi connectivity index (χ4n) is 4.97. The van der Waals surface area contributed by atoms with Crippen LogP contribution in [0.25, 0.3) is 5.69 Å². The Hall–Kier alpha value is -6.44. The zero-order valence-electron chi connectivity index (χ0n) is 26.4. The normalized spacial score (nSPS) is 11.0. The van der Waals surface area contributed by atoms with E-state index in [4.69, 9.17) is 9.47 Å². The summed E-state index contributed by atoms with van der Waals surface area (Å²) in [5.41, 5.74) is 0.636. The topological polar surface area (TPSA) is 140 Å². The monoisotopic (exact) mass is 686 g/mol. The third-order valence-corrected chi connectivity index (χ3v) is 7.36. The minimum absolute atomic E-state index is 0.00106. The SMILES string of the molecule is COc1ccc(CC(=O)Nc2ccc(C(=O)N(CC(=O)O)Cc3ccc(OC(=O)c4cccc(-n5cccn5)c4)cc3)cc2)c(C(F)(F)F)c1. The molecular weight excluding hydrogens is 657 g/mol. The number of carbonyl (C=O) groups excluding carboxylic acids is 3. The molecule has 0 spiro atoms. The highest BCUT2D eigenvalue weighted by Gasteiger charge is 2.34. The summed E-state index contributed by atoms with van der Waals surface area (Å²) in [6.45, 7) is -0.711.